The van der Waals surface area contributed by atoms with Crippen molar-refractivity contribution in [2.45, 2.75) is 32.7 Å². The molecule has 2 aromatic carbocycles. The van der Waals surface area contributed by atoms with Crippen LogP contribution in [0.5, 0.6) is 0 Å². The molecule has 0 saturated carbocycles. The van der Waals surface area contributed by atoms with Crippen molar-refractivity contribution in [2.75, 3.05) is 31.6 Å². The summed E-state index contributed by atoms with van der Waals surface area (Å²) in [5, 5.41) is 4.35. The number of unbranched alkanes of at least 4 members (excludes halogenated alkanes) is 2. The number of anilines is 1. The number of rotatable bonds is 8. The highest BCUT2D eigenvalue weighted by atomic mass is 16.5. The number of benzene rings is 2. The summed E-state index contributed by atoms with van der Waals surface area (Å²) in [5.74, 6) is 6.46. The number of nitrogens with two attached hydrogens (primary N) is 2. The first kappa shape index (κ1) is 22.5. The summed E-state index contributed by atoms with van der Waals surface area (Å²) < 4.78 is 5.31. The van der Waals surface area contributed by atoms with Gasteiger partial charge in [-0.25, -0.2) is 10.6 Å². The summed E-state index contributed by atoms with van der Waals surface area (Å²) in [6.45, 7) is 3.96. The summed E-state index contributed by atoms with van der Waals surface area (Å²) >= 11 is 0. The number of fused-ring (bicyclic) bond motifs is 2. The molecule has 0 fully saturated rings. The van der Waals surface area contributed by atoms with Crippen molar-refractivity contribution in [3.63, 3.8) is 0 Å². The number of ether oxygens (including phenoxy) is 1. The minimum Gasteiger partial charge on any atom is -0.448 e. The van der Waals surface area contributed by atoms with E-state index in [9.17, 15) is 4.79 Å². The Hall–Kier alpha value is -3.19. The van der Waals surface area contributed by atoms with E-state index >= 15 is 0 Å². The average molecular weight is 424 g/mol. The number of hydrogen-bond acceptors (Lipinski definition) is 6. The lowest BCUT2D eigenvalue weighted by molar-refractivity contribution is 0.137. The Balaban J connectivity index is 1.79. The van der Waals surface area contributed by atoms with E-state index in [-0.39, 0.29) is 6.61 Å². The third kappa shape index (κ3) is 5.49. The van der Waals surface area contributed by atoms with E-state index in [2.05, 4.69) is 36.3 Å². The topological polar surface area (TPSA) is 96.8 Å². The molecule has 0 bridgehead atoms. The Morgan fingerprint density at radius 2 is 1.84 bits per heavy atom. The van der Waals surface area contributed by atoms with E-state index in [0.29, 0.717) is 18.8 Å². The molecule has 0 aromatic heterocycles. The number of nitrogens with zero attached hydrogens (tertiary/aromatic N) is 2. The minimum atomic E-state index is -0.420. The van der Waals surface area contributed by atoms with Crippen molar-refractivity contribution in [1.29, 1.82) is 0 Å². The molecule has 1 amide bonds. The number of hydrogen-bond donors (Lipinski definition) is 3. The Bertz CT molecular complexity index is 928. The van der Waals surface area contributed by atoms with Gasteiger partial charge in [0.1, 0.15) is 6.61 Å². The molecule has 7 nitrogen and oxygen atoms in total. The molecule has 7 heteroatoms. The Kier molecular flexibility index (Phi) is 7.78. The standard InChI is InChI=1S/C24H33N5O2/c1-3-4-9-14-27-24(30)31-16-15-29(26)23-19-11-6-5-10-18(19)17-28(2)21-13-8-7-12-20(21)22(23)25/h5-8,10-13H,3-4,9,14-17,25-26H2,1-2H3,(H,27,30)/b23-22-. The summed E-state index contributed by atoms with van der Waals surface area (Å²) in [6, 6.07) is 16.1. The molecule has 0 unspecified atom stereocenters. The van der Waals surface area contributed by atoms with E-state index in [4.69, 9.17) is 16.3 Å². The molecular formula is C24H33N5O2. The highest BCUT2D eigenvalue weighted by molar-refractivity contribution is 5.93. The van der Waals surface area contributed by atoms with Gasteiger partial charge in [-0.2, -0.15) is 0 Å². The van der Waals surface area contributed by atoms with Gasteiger partial charge < -0.3 is 25.7 Å². The fraction of sp³-hybridized carbons (Fsp3) is 0.375. The second-order valence-electron chi connectivity index (χ2n) is 7.76. The molecule has 1 aliphatic heterocycles. The van der Waals surface area contributed by atoms with E-state index in [1.54, 1.807) is 5.01 Å². The molecule has 0 atom stereocenters. The van der Waals surface area contributed by atoms with Gasteiger partial charge in [0.2, 0.25) is 0 Å². The van der Waals surface area contributed by atoms with Crippen LogP contribution in [-0.4, -0.2) is 37.8 Å². The molecule has 0 spiro atoms. The van der Waals surface area contributed by atoms with Crippen molar-refractivity contribution < 1.29 is 9.53 Å². The normalized spacial score (nSPS) is 15.4. The molecule has 5 N–H and O–H groups in total. The second-order valence-corrected chi connectivity index (χ2v) is 7.76. The van der Waals surface area contributed by atoms with Gasteiger partial charge >= 0.3 is 6.09 Å². The minimum absolute atomic E-state index is 0.163. The van der Waals surface area contributed by atoms with Crippen molar-refractivity contribution in [3.05, 3.63) is 65.2 Å². The molecular weight excluding hydrogens is 390 g/mol. The first-order chi connectivity index (χ1) is 15.0. The smallest absolute Gasteiger partial charge is 0.407 e. The predicted octanol–water partition coefficient (Wildman–Crippen LogP) is 3.51. The van der Waals surface area contributed by atoms with Crippen LogP contribution in [0.4, 0.5) is 10.5 Å². The molecule has 2 aromatic rings. The number of hydrazine groups is 1. The van der Waals surface area contributed by atoms with Crippen molar-refractivity contribution >= 4 is 23.2 Å². The highest BCUT2D eigenvalue weighted by Gasteiger charge is 2.23. The van der Waals surface area contributed by atoms with Crippen LogP contribution < -0.4 is 21.8 Å². The van der Waals surface area contributed by atoms with Gasteiger partial charge in [-0.05, 0) is 18.1 Å². The van der Waals surface area contributed by atoms with Gasteiger partial charge in [-0.15, -0.1) is 0 Å². The van der Waals surface area contributed by atoms with Crippen LogP contribution in [0.1, 0.15) is 42.9 Å². The zero-order valence-corrected chi connectivity index (χ0v) is 18.4. The third-order valence-electron chi connectivity index (χ3n) is 5.44. The van der Waals surface area contributed by atoms with Crippen LogP contribution in [-0.2, 0) is 11.3 Å². The fourth-order valence-electron chi connectivity index (χ4n) is 3.81. The number of alkyl carbamates (subject to hydrolysis) is 1. The monoisotopic (exact) mass is 423 g/mol. The summed E-state index contributed by atoms with van der Waals surface area (Å²) in [6.07, 6.45) is 2.72. The summed E-state index contributed by atoms with van der Waals surface area (Å²) in [4.78, 5) is 14.1. The van der Waals surface area contributed by atoms with E-state index in [1.165, 1.54) is 0 Å². The lowest BCUT2D eigenvalue weighted by atomic mass is 9.96. The quantitative estimate of drug-likeness (QED) is 0.342. The van der Waals surface area contributed by atoms with Gasteiger partial charge in [-0.1, -0.05) is 62.2 Å². The van der Waals surface area contributed by atoms with Crippen LogP contribution in [0, 0.1) is 0 Å². The lowest BCUT2D eigenvalue weighted by Crippen LogP contribution is -2.37. The maximum absolute atomic E-state index is 11.9. The number of amides is 1. The number of carbonyl (C=O) groups is 1. The van der Waals surface area contributed by atoms with Gasteiger partial charge in [0.15, 0.2) is 0 Å². The molecule has 31 heavy (non-hydrogen) atoms. The third-order valence-corrected chi connectivity index (χ3v) is 5.44. The van der Waals surface area contributed by atoms with Crippen molar-refractivity contribution in [3.8, 4) is 0 Å². The molecule has 1 heterocycles. The van der Waals surface area contributed by atoms with Crippen LogP contribution in [0.3, 0.4) is 0 Å². The predicted molar refractivity (Wildman–Crippen MR) is 126 cm³/mol. The Morgan fingerprint density at radius 3 is 2.61 bits per heavy atom. The Morgan fingerprint density at radius 1 is 1.13 bits per heavy atom. The average Bonchev–Trinajstić information content (AvgIpc) is 2.77. The molecule has 3 rings (SSSR count). The Labute approximate surface area is 184 Å². The number of para-hydroxylation sites is 1. The van der Waals surface area contributed by atoms with Crippen LogP contribution >= 0.6 is 0 Å². The maximum Gasteiger partial charge on any atom is 0.407 e. The molecule has 0 radical (unpaired) electrons. The van der Waals surface area contributed by atoms with Crippen LogP contribution in [0.25, 0.3) is 11.4 Å². The van der Waals surface area contributed by atoms with E-state index < -0.39 is 6.09 Å². The molecule has 166 valence electrons. The van der Waals surface area contributed by atoms with Crippen molar-refractivity contribution in [1.82, 2.24) is 10.3 Å². The largest absolute Gasteiger partial charge is 0.448 e. The van der Waals surface area contributed by atoms with Crippen LogP contribution in [0.2, 0.25) is 0 Å². The SMILES string of the molecule is CCCCCNC(=O)OCCN(N)/C1=C(\N)c2ccccc2N(C)Cc2ccccc21. The van der Waals surface area contributed by atoms with Gasteiger partial charge in [0.05, 0.1) is 17.9 Å². The van der Waals surface area contributed by atoms with E-state index in [1.807, 2.05) is 36.4 Å². The van der Waals surface area contributed by atoms with Gasteiger partial charge in [0.25, 0.3) is 0 Å². The van der Waals surface area contributed by atoms with Crippen molar-refractivity contribution in [2.24, 2.45) is 11.6 Å². The lowest BCUT2D eigenvalue weighted by Gasteiger charge is -2.32. The zero-order valence-electron chi connectivity index (χ0n) is 18.4. The first-order valence-electron chi connectivity index (χ1n) is 10.8. The summed E-state index contributed by atoms with van der Waals surface area (Å²) in [5.41, 5.74) is 12.1. The van der Waals surface area contributed by atoms with E-state index in [0.717, 1.165) is 53.9 Å². The zero-order chi connectivity index (χ0) is 22.2. The number of carbonyl (C=O) groups excluding carboxylic acids is 1. The fourth-order valence-corrected chi connectivity index (χ4v) is 3.81. The summed E-state index contributed by atoms with van der Waals surface area (Å²) in [7, 11) is 2.06. The number of nitrogens with one attached hydrogen (secondary N) is 1. The molecule has 0 saturated heterocycles. The molecule has 0 aliphatic carbocycles. The van der Waals surface area contributed by atoms with Gasteiger partial charge in [0, 0.05) is 37.0 Å². The molecule has 1 aliphatic rings. The highest BCUT2D eigenvalue weighted by Crippen LogP contribution is 2.35. The maximum atomic E-state index is 11.9. The van der Waals surface area contributed by atoms with Gasteiger partial charge in [-0.3, -0.25) is 0 Å². The second kappa shape index (κ2) is 10.7. The van der Waals surface area contributed by atoms with Crippen LogP contribution in [0.15, 0.2) is 48.5 Å². The first-order valence-corrected chi connectivity index (χ1v) is 10.8.